The number of benzene rings is 1. The van der Waals surface area contributed by atoms with Crippen molar-refractivity contribution in [1.29, 1.82) is 0 Å². The molecule has 0 spiro atoms. The van der Waals surface area contributed by atoms with Gasteiger partial charge in [-0.1, -0.05) is 12.1 Å². The van der Waals surface area contributed by atoms with E-state index in [0.29, 0.717) is 6.54 Å². The van der Waals surface area contributed by atoms with Crippen LogP contribution in [0.15, 0.2) is 24.3 Å². The summed E-state index contributed by atoms with van der Waals surface area (Å²) in [6.07, 6.45) is 0. The van der Waals surface area contributed by atoms with Gasteiger partial charge in [-0.3, -0.25) is 4.79 Å². The lowest BCUT2D eigenvalue weighted by Crippen LogP contribution is -2.37. The zero-order valence-electron chi connectivity index (χ0n) is 10.4. The van der Waals surface area contributed by atoms with Gasteiger partial charge < -0.3 is 9.64 Å². The maximum Gasteiger partial charge on any atom is 0.238 e. The number of alkyl halides is 1. The Balaban J connectivity index is 2.75. The van der Waals surface area contributed by atoms with Crippen LogP contribution in [0.5, 0.6) is 5.75 Å². The maximum atomic E-state index is 11.7. The second-order valence-electron chi connectivity index (χ2n) is 4.10. The molecule has 0 saturated heterocycles. The molecule has 0 radical (unpaired) electrons. The summed E-state index contributed by atoms with van der Waals surface area (Å²) in [6, 6.07) is 7.83. The monoisotopic (exact) mass is 255 g/mol. The van der Waals surface area contributed by atoms with Crippen LogP contribution in [-0.4, -0.2) is 29.8 Å². The van der Waals surface area contributed by atoms with Gasteiger partial charge >= 0.3 is 0 Å². The van der Waals surface area contributed by atoms with Crippen LogP contribution in [0.4, 0.5) is 0 Å². The van der Waals surface area contributed by atoms with Gasteiger partial charge in [0.2, 0.25) is 5.91 Å². The molecule has 0 fully saturated rings. The lowest BCUT2D eigenvalue weighted by atomic mass is 10.2. The molecule has 1 aromatic rings. The predicted molar refractivity (Wildman–Crippen MR) is 69.4 cm³/mol. The van der Waals surface area contributed by atoms with Crippen molar-refractivity contribution in [2.24, 2.45) is 0 Å². The first-order valence-corrected chi connectivity index (χ1v) is 6.10. The lowest BCUT2D eigenvalue weighted by molar-refractivity contribution is -0.130. The molecule has 94 valence electrons. The third-order valence-electron chi connectivity index (χ3n) is 2.57. The molecule has 0 aromatic heterocycles. The molecule has 0 bridgehead atoms. The molecule has 0 aliphatic rings. The van der Waals surface area contributed by atoms with Gasteiger partial charge in [-0.2, -0.15) is 0 Å². The average molecular weight is 256 g/mol. The molecule has 0 N–H and O–H groups in total. The van der Waals surface area contributed by atoms with Crippen LogP contribution in [0.1, 0.15) is 19.4 Å². The van der Waals surface area contributed by atoms with Crippen molar-refractivity contribution in [3.8, 4) is 5.75 Å². The van der Waals surface area contributed by atoms with Crippen molar-refractivity contribution in [2.45, 2.75) is 26.4 Å². The van der Waals surface area contributed by atoms with E-state index >= 15 is 0 Å². The number of hydrogen-bond donors (Lipinski definition) is 0. The fraction of sp³-hybridized carbons (Fsp3) is 0.462. The third-order valence-corrected chi connectivity index (χ3v) is 2.80. The Morgan fingerprint density at radius 1 is 1.35 bits per heavy atom. The smallest absolute Gasteiger partial charge is 0.238 e. The standard InChI is InChI=1S/C13H18ClNO2/c1-10(2)15(13(16)8-14)9-11-4-6-12(17-3)7-5-11/h4-7,10H,8-9H2,1-3H3. The van der Waals surface area contributed by atoms with Crippen molar-refractivity contribution in [3.63, 3.8) is 0 Å². The Labute approximate surface area is 107 Å². The van der Waals surface area contributed by atoms with Gasteiger partial charge in [0, 0.05) is 12.6 Å². The van der Waals surface area contributed by atoms with Gasteiger partial charge in [0.1, 0.15) is 11.6 Å². The summed E-state index contributed by atoms with van der Waals surface area (Å²) in [5.41, 5.74) is 1.07. The number of carbonyl (C=O) groups is 1. The topological polar surface area (TPSA) is 29.5 Å². The Morgan fingerprint density at radius 2 is 1.94 bits per heavy atom. The lowest BCUT2D eigenvalue weighted by Gasteiger charge is -2.26. The quantitative estimate of drug-likeness (QED) is 0.757. The summed E-state index contributed by atoms with van der Waals surface area (Å²) >= 11 is 5.59. The number of carbonyl (C=O) groups excluding carboxylic acids is 1. The summed E-state index contributed by atoms with van der Waals surface area (Å²) < 4.78 is 5.09. The van der Waals surface area contributed by atoms with Crippen molar-refractivity contribution in [1.82, 2.24) is 4.90 Å². The number of methoxy groups -OCH3 is 1. The molecule has 17 heavy (non-hydrogen) atoms. The number of nitrogens with zero attached hydrogens (tertiary/aromatic N) is 1. The molecule has 0 aliphatic carbocycles. The van der Waals surface area contributed by atoms with E-state index in [9.17, 15) is 4.79 Å². The molecule has 3 nitrogen and oxygen atoms in total. The van der Waals surface area contributed by atoms with Crippen LogP contribution in [-0.2, 0) is 11.3 Å². The van der Waals surface area contributed by atoms with E-state index in [1.54, 1.807) is 12.0 Å². The SMILES string of the molecule is COc1ccc(CN(C(=O)CCl)C(C)C)cc1. The van der Waals surface area contributed by atoms with Crippen molar-refractivity contribution in [2.75, 3.05) is 13.0 Å². The van der Waals surface area contributed by atoms with Crippen LogP contribution < -0.4 is 4.74 Å². The van der Waals surface area contributed by atoms with Gasteiger partial charge in [-0.05, 0) is 31.5 Å². The van der Waals surface area contributed by atoms with Gasteiger partial charge in [-0.25, -0.2) is 0 Å². The summed E-state index contributed by atoms with van der Waals surface area (Å²) in [4.78, 5) is 13.4. The first-order chi connectivity index (χ1) is 8.08. The van der Waals surface area contributed by atoms with Crippen LogP contribution in [0.2, 0.25) is 0 Å². The van der Waals surface area contributed by atoms with Crippen molar-refractivity contribution < 1.29 is 9.53 Å². The molecule has 1 aromatic carbocycles. The molecule has 1 amide bonds. The molecule has 0 heterocycles. The van der Waals surface area contributed by atoms with Crippen LogP contribution >= 0.6 is 11.6 Å². The van der Waals surface area contributed by atoms with Crippen molar-refractivity contribution in [3.05, 3.63) is 29.8 Å². The van der Waals surface area contributed by atoms with Gasteiger partial charge in [0.25, 0.3) is 0 Å². The maximum absolute atomic E-state index is 11.7. The fourth-order valence-electron chi connectivity index (χ4n) is 1.56. The second kappa shape index (κ2) is 6.50. The first-order valence-electron chi connectivity index (χ1n) is 5.56. The Hall–Kier alpha value is -1.22. The zero-order valence-corrected chi connectivity index (χ0v) is 11.2. The molecule has 0 atom stereocenters. The molecular formula is C13H18ClNO2. The third kappa shape index (κ3) is 3.93. The van der Waals surface area contributed by atoms with E-state index in [1.165, 1.54) is 0 Å². The summed E-state index contributed by atoms with van der Waals surface area (Å²) in [7, 11) is 1.63. The first kappa shape index (κ1) is 13.8. The highest BCUT2D eigenvalue weighted by Gasteiger charge is 2.15. The van der Waals surface area contributed by atoms with E-state index in [0.717, 1.165) is 11.3 Å². The van der Waals surface area contributed by atoms with Crippen LogP contribution in [0, 0.1) is 0 Å². The Bertz CT molecular complexity index is 362. The van der Waals surface area contributed by atoms with Gasteiger partial charge in [0.05, 0.1) is 7.11 Å². The summed E-state index contributed by atoms with van der Waals surface area (Å²) in [5.74, 6) is 0.792. The van der Waals surface area contributed by atoms with Crippen LogP contribution in [0.25, 0.3) is 0 Å². The second-order valence-corrected chi connectivity index (χ2v) is 4.36. The minimum Gasteiger partial charge on any atom is -0.497 e. The minimum atomic E-state index is -0.0440. The Kier molecular flexibility index (Phi) is 5.29. The highest BCUT2D eigenvalue weighted by Crippen LogP contribution is 2.14. The molecular weight excluding hydrogens is 238 g/mol. The number of amides is 1. The molecule has 0 saturated carbocycles. The normalized spacial score (nSPS) is 10.4. The van der Waals surface area contributed by atoms with Crippen molar-refractivity contribution >= 4 is 17.5 Å². The predicted octanol–water partition coefficient (Wildman–Crippen LogP) is 2.67. The molecule has 1 rings (SSSR count). The molecule has 4 heteroatoms. The highest BCUT2D eigenvalue weighted by atomic mass is 35.5. The van der Waals surface area contributed by atoms with Gasteiger partial charge in [-0.15, -0.1) is 11.6 Å². The minimum absolute atomic E-state index is 0.0222. The largest absolute Gasteiger partial charge is 0.497 e. The zero-order chi connectivity index (χ0) is 12.8. The average Bonchev–Trinajstić information content (AvgIpc) is 2.35. The molecule has 0 unspecified atom stereocenters. The number of rotatable bonds is 5. The fourth-order valence-corrected chi connectivity index (χ4v) is 1.72. The highest BCUT2D eigenvalue weighted by molar-refractivity contribution is 6.27. The van der Waals surface area contributed by atoms with Gasteiger partial charge in [0.15, 0.2) is 0 Å². The number of ether oxygens (including phenoxy) is 1. The van der Waals surface area contributed by atoms with E-state index in [4.69, 9.17) is 16.3 Å². The molecule has 0 aliphatic heterocycles. The number of hydrogen-bond acceptors (Lipinski definition) is 2. The van der Waals surface area contributed by atoms with E-state index < -0.39 is 0 Å². The van der Waals surface area contributed by atoms with E-state index in [1.807, 2.05) is 38.1 Å². The summed E-state index contributed by atoms with van der Waals surface area (Å²) in [6.45, 7) is 4.54. The number of halogens is 1. The Morgan fingerprint density at radius 3 is 2.35 bits per heavy atom. The van der Waals surface area contributed by atoms with E-state index in [-0.39, 0.29) is 17.8 Å². The summed E-state index contributed by atoms with van der Waals surface area (Å²) in [5, 5.41) is 0. The van der Waals surface area contributed by atoms with Crippen LogP contribution in [0.3, 0.4) is 0 Å². The van der Waals surface area contributed by atoms with E-state index in [2.05, 4.69) is 0 Å².